The van der Waals surface area contributed by atoms with E-state index < -0.39 is 35.6 Å². The van der Waals surface area contributed by atoms with Crippen LogP contribution in [0.15, 0.2) is 42.5 Å². The summed E-state index contributed by atoms with van der Waals surface area (Å²) < 4.78 is 38.5. The highest BCUT2D eigenvalue weighted by atomic mass is 19.4. The Kier molecular flexibility index (Phi) is 4.11. The number of hydrogen-bond donors (Lipinski definition) is 2. The van der Waals surface area contributed by atoms with Crippen LogP contribution in [0.4, 0.5) is 13.2 Å². The lowest BCUT2D eigenvalue weighted by atomic mass is 9.90. The summed E-state index contributed by atoms with van der Waals surface area (Å²) in [6, 6.07) is 10.2. The standard InChI is InChI=1S/C18H12F3NO3/c19-18(20,21)11-5-6-12-13(7-11)17(25)14(16(12)24)15(23)10-3-1-9(8-22)2-4-10/h1-7,14-15,17,23,25H. The van der Waals surface area contributed by atoms with E-state index >= 15 is 0 Å². The Hall–Kier alpha value is -2.69. The minimum atomic E-state index is -4.60. The molecule has 4 nitrogen and oxygen atoms in total. The number of hydrogen-bond acceptors (Lipinski definition) is 4. The number of Topliss-reactive ketones (excluding diaryl/α,β-unsaturated/α-hetero) is 1. The SMILES string of the molecule is N#Cc1ccc(C(O)C2C(=O)c3ccc(C(F)(F)F)cc3C2O)cc1. The number of aliphatic hydroxyl groups is 2. The van der Waals surface area contributed by atoms with Gasteiger partial charge in [0.15, 0.2) is 5.78 Å². The van der Waals surface area contributed by atoms with Crippen LogP contribution in [-0.4, -0.2) is 16.0 Å². The van der Waals surface area contributed by atoms with Crippen molar-refractivity contribution in [3.05, 3.63) is 70.3 Å². The van der Waals surface area contributed by atoms with Crippen molar-refractivity contribution in [1.29, 1.82) is 5.26 Å². The molecule has 7 heteroatoms. The lowest BCUT2D eigenvalue weighted by molar-refractivity contribution is -0.137. The van der Waals surface area contributed by atoms with Crippen LogP contribution in [0, 0.1) is 17.2 Å². The second-order valence-electron chi connectivity index (χ2n) is 5.81. The van der Waals surface area contributed by atoms with Gasteiger partial charge in [0.1, 0.15) is 0 Å². The molecule has 2 N–H and O–H groups in total. The fraction of sp³-hybridized carbons (Fsp3) is 0.222. The van der Waals surface area contributed by atoms with Crippen LogP contribution in [0.25, 0.3) is 0 Å². The van der Waals surface area contributed by atoms with E-state index in [0.29, 0.717) is 11.1 Å². The summed E-state index contributed by atoms with van der Waals surface area (Å²) in [7, 11) is 0. The Morgan fingerprint density at radius 2 is 1.76 bits per heavy atom. The molecule has 1 aliphatic rings. The highest BCUT2D eigenvalue weighted by molar-refractivity contribution is 6.03. The van der Waals surface area contributed by atoms with Crippen LogP contribution in [-0.2, 0) is 6.18 Å². The van der Waals surface area contributed by atoms with E-state index in [2.05, 4.69) is 0 Å². The molecule has 0 heterocycles. The zero-order chi connectivity index (χ0) is 18.4. The third kappa shape index (κ3) is 2.90. The summed E-state index contributed by atoms with van der Waals surface area (Å²) in [5, 5.41) is 29.5. The van der Waals surface area contributed by atoms with E-state index in [0.717, 1.165) is 18.2 Å². The van der Waals surface area contributed by atoms with Crippen LogP contribution >= 0.6 is 0 Å². The Labute approximate surface area is 140 Å². The third-order valence-electron chi connectivity index (χ3n) is 4.33. The molecule has 0 radical (unpaired) electrons. The first kappa shape index (κ1) is 17.1. The summed E-state index contributed by atoms with van der Waals surface area (Å²) in [5.41, 5.74) is -0.491. The summed E-state index contributed by atoms with van der Waals surface area (Å²) in [4.78, 5) is 12.5. The van der Waals surface area contributed by atoms with Gasteiger partial charge in [-0.05, 0) is 35.4 Å². The average molecular weight is 347 g/mol. The Morgan fingerprint density at radius 1 is 1.12 bits per heavy atom. The van der Waals surface area contributed by atoms with Crippen molar-refractivity contribution in [3.8, 4) is 6.07 Å². The number of carbonyl (C=O) groups is 1. The first-order chi connectivity index (χ1) is 11.7. The predicted molar refractivity (Wildman–Crippen MR) is 80.3 cm³/mol. The number of benzene rings is 2. The lowest BCUT2D eigenvalue weighted by Gasteiger charge is -2.21. The molecular weight excluding hydrogens is 335 g/mol. The Morgan fingerprint density at radius 3 is 2.32 bits per heavy atom. The highest BCUT2D eigenvalue weighted by Gasteiger charge is 2.44. The zero-order valence-corrected chi connectivity index (χ0v) is 12.7. The molecular formula is C18H12F3NO3. The molecule has 0 saturated heterocycles. The molecule has 3 unspecified atom stereocenters. The molecule has 3 rings (SSSR count). The van der Waals surface area contributed by atoms with Gasteiger partial charge in [-0.1, -0.05) is 18.2 Å². The van der Waals surface area contributed by atoms with Crippen LogP contribution in [0.3, 0.4) is 0 Å². The molecule has 128 valence electrons. The van der Waals surface area contributed by atoms with Crippen LogP contribution in [0.2, 0.25) is 0 Å². The van der Waals surface area contributed by atoms with Crippen molar-refractivity contribution < 1.29 is 28.2 Å². The smallest absolute Gasteiger partial charge is 0.388 e. The maximum absolute atomic E-state index is 12.8. The van der Waals surface area contributed by atoms with Gasteiger partial charge in [-0.15, -0.1) is 0 Å². The monoisotopic (exact) mass is 347 g/mol. The maximum Gasteiger partial charge on any atom is 0.416 e. The molecule has 2 aromatic carbocycles. The van der Waals surface area contributed by atoms with Gasteiger partial charge in [-0.2, -0.15) is 18.4 Å². The maximum atomic E-state index is 12.8. The van der Waals surface area contributed by atoms with Gasteiger partial charge in [-0.25, -0.2) is 0 Å². The van der Waals surface area contributed by atoms with Crippen molar-refractivity contribution in [1.82, 2.24) is 0 Å². The molecule has 3 atom stereocenters. The minimum absolute atomic E-state index is 0.0294. The van der Waals surface area contributed by atoms with E-state index in [1.165, 1.54) is 24.3 Å². The van der Waals surface area contributed by atoms with Gasteiger partial charge >= 0.3 is 6.18 Å². The van der Waals surface area contributed by atoms with E-state index in [1.54, 1.807) is 0 Å². The van der Waals surface area contributed by atoms with E-state index in [9.17, 15) is 28.2 Å². The quantitative estimate of drug-likeness (QED) is 0.874. The molecule has 0 saturated carbocycles. The number of ketones is 1. The number of fused-ring (bicyclic) bond motifs is 1. The van der Waals surface area contributed by atoms with Crippen LogP contribution in [0.1, 0.15) is 44.8 Å². The molecule has 0 bridgehead atoms. The molecule has 0 amide bonds. The Bertz CT molecular complexity index is 869. The number of halogens is 3. The molecule has 0 aromatic heterocycles. The van der Waals surface area contributed by atoms with Gasteiger partial charge in [0.2, 0.25) is 0 Å². The number of rotatable bonds is 2. The van der Waals surface area contributed by atoms with Crippen molar-refractivity contribution in [2.45, 2.75) is 18.4 Å². The van der Waals surface area contributed by atoms with E-state index in [-0.39, 0.29) is 11.1 Å². The summed E-state index contributed by atoms with van der Waals surface area (Å²) in [6.07, 6.45) is -7.55. The van der Waals surface area contributed by atoms with Crippen molar-refractivity contribution in [3.63, 3.8) is 0 Å². The van der Waals surface area contributed by atoms with E-state index in [4.69, 9.17) is 5.26 Å². The predicted octanol–water partition coefficient (Wildman–Crippen LogP) is 3.16. The molecule has 1 aliphatic carbocycles. The molecule has 0 aliphatic heterocycles. The number of nitriles is 1. The van der Waals surface area contributed by atoms with Gasteiger partial charge in [0.05, 0.1) is 35.3 Å². The van der Waals surface area contributed by atoms with E-state index in [1.807, 2.05) is 6.07 Å². The first-order valence-corrected chi connectivity index (χ1v) is 7.35. The topological polar surface area (TPSA) is 81.3 Å². The minimum Gasteiger partial charge on any atom is -0.388 e. The second-order valence-corrected chi connectivity index (χ2v) is 5.81. The lowest BCUT2D eigenvalue weighted by Crippen LogP contribution is -2.22. The van der Waals surface area contributed by atoms with Crippen molar-refractivity contribution in [2.24, 2.45) is 5.92 Å². The third-order valence-corrected chi connectivity index (χ3v) is 4.33. The number of carbonyl (C=O) groups excluding carboxylic acids is 1. The van der Waals surface area contributed by atoms with Crippen molar-refractivity contribution >= 4 is 5.78 Å². The zero-order valence-electron chi connectivity index (χ0n) is 12.7. The first-order valence-electron chi connectivity index (χ1n) is 7.35. The van der Waals surface area contributed by atoms with Gasteiger partial charge < -0.3 is 10.2 Å². The molecule has 0 spiro atoms. The largest absolute Gasteiger partial charge is 0.416 e. The molecule has 0 fully saturated rings. The number of nitrogens with zero attached hydrogens (tertiary/aromatic N) is 1. The fourth-order valence-electron chi connectivity index (χ4n) is 3.00. The fourth-order valence-corrected chi connectivity index (χ4v) is 3.00. The van der Waals surface area contributed by atoms with Gasteiger partial charge in [0.25, 0.3) is 0 Å². The normalized spacial score (nSPS) is 20.9. The summed E-state index contributed by atoms with van der Waals surface area (Å²) in [5.74, 6) is -1.92. The van der Waals surface area contributed by atoms with Gasteiger partial charge in [-0.3, -0.25) is 4.79 Å². The summed E-state index contributed by atoms with van der Waals surface area (Å²) >= 11 is 0. The summed E-state index contributed by atoms with van der Waals surface area (Å²) in [6.45, 7) is 0. The molecule has 2 aromatic rings. The van der Waals surface area contributed by atoms with Gasteiger partial charge in [0, 0.05) is 5.56 Å². The average Bonchev–Trinajstić information content (AvgIpc) is 2.84. The highest BCUT2D eigenvalue weighted by Crippen LogP contribution is 2.44. The Balaban J connectivity index is 1.96. The number of alkyl halides is 3. The van der Waals surface area contributed by atoms with Crippen molar-refractivity contribution in [2.75, 3.05) is 0 Å². The second kappa shape index (κ2) is 5.99. The number of aliphatic hydroxyl groups excluding tert-OH is 2. The van der Waals surface area contributed by atoms with Crippen LogP contribution < -0.4 is 0 Å². The molecule has 25 heavy (non-hydrogen) atoms. The van der Waals surface area contributed by atoms with Crippen LogP contribution in [0.5, 0.6) is 0 Å².